The number of nitrogens with one attached hydrogen (secondary N) is 1. The lowest BCUT2D eigenvalue weighted by atomic mass is 10.1. The molecule has 3 aromatic rings. The van der Waals surface area contributed by atoms with Gasteiger partial charge in [-0.25, -0.2) is 4.90 Å². The van der Waals surface area contributed by atoms with Gasteiger partial charge < -0.3 is 9.47 Å². The van der Waals surface area contributed by atoms with E-state index in [1.807, 2.05) is 50.5 Å². The number of nitrogens with zero attached hydrogens (tertiary/aromatic N) is 2. The number of benzene rings is 2. The van der Waals surface area contributed by atoms with E-state index < -0.39 is 0 Å². The van der Waals surface area contributed by atoms with Crippen LogP contribution in [0.4, 0.5) is 4.79 Å². The second-order valence-corrected chi connectivity index (χ2v) is 8.18. The van der Waals surface area contributed by atoms with Crippen molar-refractivity contribution in [2.45, 2.75) is 6.54 Å². The lowest BCUT2D eigenvalue weighted by Gasteiger charge is -2.14. The van der Waals surface area contributed by atoms with Crippen LogP contribution in [0, 0.1) is 0 Å². The molecule has 0 unspecified atom stereocenters. The number of amides is 2. The van der Waals surface area contributed by atoms with Crippen molar-refractivity contribution in [3.63, 3.8) is 0 Å². The molecule has 0 atom stereocenters. The second kappa shape index (κ2) is 7.66. The van der Waals surface area contributed by atoms with E-state index >= 15 is 0 Å². The zero-order chi connectivity index (χ0) is 19.7. The monoisotopic (exact) mass is 392 g/mol. The molecule has 1 fully saturated rings. The molecule has 1 aromatic heterocycles. The van der Waals surface area contributed by atoms with E-state index in [0.29, 0.717) is 11.6 Å². The molecule has 1 N–H and O–H groups in total. The summed E-state index contributed by atoms with van der Waals surface area (Å²) in [6.07, 6.45) is 3.91. The van der Waals surface area contributed by atoms with Gasteiger partial charge in [0.25, 0.3) is 11.1 Å². The van der Waals surface area contributed by atoms with Gasteiger partial charge >= 0.3 is 0 Å². The molecule has 0 aliphatic carbocycles. The molecular formula is C22H22N3O2S+. The number of fused-ring (bicyclic) bond motifs is 1. The molecular weight excluding hydrogens is 370 g/mol. The molecule has 5 nitrogen and oxygen atoms in total. The largest absolute Gasteiger partial charge is 0.342 e. The molecule has 0 radical (unpaired) electrons. The number of hydrogen-bond acceptors (Lipinski definition) is 3. The van der Waals surface area contributed by atoms with Gasteiger partial charge in [0.15, 0.2) is 6.67 Å². The van der Waals surface area contributed by atoms with Crippen LogP contribution in [0.5, 0.6) is 0 Å². The Morgan fingerprint density at radius 1 is 1.00 bits per heavy atom. The summed E-state index contributed by atoms with van der Waals surface area (Å²) in [7, 11) is 3.84. The summed E-state index contributed by atoms with van der Waals surface area (Å²) in [5.74, 6) is -0.212. The number of thioether (sulfide) groups is 1. The van der Waals surface area contributed by atoms with Crippen LogP contribution in [0.1, 0.15) is 11.1 Å². The molecule has 28 heavy (non-hydrogen) atoms. The Bertz CT molecular complexity index is 1070. The van der Waals surface area contributed by atoms with Gasteiger partial charge in [0, 0.05) is 29.2 Å². The predicted octanol–water partition coefficient (Wildman–Crippen LogP) is 2.83. The van der Waals surface area contributed by atoms with Crippen molar-refractivity contribution in [1.82, 2.24) is 9.47 Å². The number of para-hydroxylation sites is 1. The zero-order valence-corrected chi connectivity index (χ0v) is 16.7. The second-order valence-electron chi connectivity index (χ2n) is 7.19. The van der Waals surface area contributed by atoms with Crippen LogP contribution in [-0.4, -0.2) is 41.4 Å². The van der Waals surface area contributed by atoms with Crippen LogP contribution < -0.4 is 4.90 Å². The van der Waals surface area contributed by atoms with Gasteiger partial charge in [0.05, 0.1) is 19.0 Å². The average molecular weight is 393 g/mol. The normalized spacial score (nSPS) is 16.1. The summed E-state index contributed by atoms with van der Waals surface area (Å²) in [5, 5.41) is 0.869. The first-order valence-corrected chi connectivity index (χ1v) is 10.0. The van der Waals surface area contributed by atoms with Crippen molar-refractivity contribution in [3.05, 3.63) is 76.8 Å². The first-order valence-electron chi connectivity index (χ1n) is 9.19. The fraction of sp³-hybridized carbons (Fsp3) is 0.182. The summed E-state index contributed by atoms with van der Waals surface area (Å²) < 4.78 is 2.19. The fourth-order valence-electron chi connectivity index (χ4n) is 3.39. The van der Waals surface area contributed by atoms with E-state index in [-0.39, 0.29) is 11.1 Å². The maximum absolute atomic E-state index is 12.7. The SMILES string of the molecule is C[NH+](C)CN1C(=O)S/C(=C\c2cn(Cc3ccccc3)c3ccccc23)C1=O. The highest BCUT2D eigenvalue weighted by Crippen LogP contribution is 2.33. The molecule has 1 saturated heterocycles. The summed E-state index contributed by atoms with van der Waals surface area (Å²) in [5.41, 5.74) is 3.27. The third kappa shape index (κ3) is 3.61. The highest BCUT2D eigenvalue weighted by molar-refractivity contribution is 8.18. The molecule has 4 rings (SSSR count). The van der Waals surface area contributed by atoms with Gasteiger partial charge in [-0.05, 0) is 29.5 Å². The van der Waals surface area contributed by atoms with Crippen molar-refractivity contribution in [2.24, 2.45) is 0 Å². The number of quaternary nitrogens is 1. The van der Waals surface area contributed by atoms with E-state index in [1.165, 1.54) is 10.5 Å². The quantitative estimate of drug-likeness (QED) is 0.680. The highest BCUT2D eigenvalue weighted by atomic mass is 32.2. The maximum Gasteiger partial charge on any atom is 0.298 e. The van der Waals surface area contributed by atoms with Crippen molar-refractivity contribution < 1.29 is 14.5 Å². The Labute approximate surface area is 168 Å². The van der Waals surface area contributed by atoms with E-state index in [2.05, 4.69) is 35.0 Å². The van der Waals surface area contributed by atoms with Crippen LogP contribution >= 0.6 is 11.8 Å². The standard InChI is InChI=1S/C22H21N3O2S/c1-23(2)15-25-21(26)20(28-22(25)27)12-17-14-24(13-16-8-4-3-5-9-16)19-11-7-6-10-18(17)19/h3-12,14H,13,15H2,1-2H3/p+1/b20-12-. The molecule has 0 saturated carbocycles. The third-order valence-corrected chi connectivity index (χ3v) is 5.56. The van der Waals surface area contributed by atoms with Gasteiger partial charge in [-0.15, -0.1) is 0 Å². The molecule has 1 aliphatic rings. The summed E-state index contributed by atoms with van der Waals surface area (Å²) in [6.45, 7) is 1.12. The Morgan fingerprint density at radius 2 is 1.71 bits per heavy atom. The van der Waals surface area contributed by atoms with Gasteiger partial charge in [0.1, 0.15) is 0 Å². The van der Waals surface area contributed by atoms with Crippen LogP contribution in [0.25, 0.3) is 17.0 Å². The van der Waals surface area contributed by atoms with Crippen LogP contribution in [0.15, 0.2) is 65.7 Å². The van der Waals surface area contributed by atoms with Crippen molar-refractivity contribution in [1.29, 1.82) is 0 Å². The summed E-state index contributed by atoms with van der Waals surface area (Å²) in [4.78, 5) is 27.8. The number of rotatable bonds is 5. The number of carbonyl (C=O) groups is 2. The molecule has 0 spiro atoms. The average Bonchev–Trinajstić information content (AvgIpc) is 3.15. The number of carbonyl (C=O) groups excluding carboxylic acids is 2. The van der Waals surface area contributed by atoms with Crippen LogP contribution in [0.3, 0.4) is 0 Å². The minimum Gasteiger partial charge on any atom is -0.342 e. The smallest absolute Gasteiger partial charge is 0.298 e. The zero-order valence-electron chi connectivity index (χ0n) is 15.9. The molecule has 2 heterocycles. The summed E-state index contributed by atoms with van der Waals surface area (Å²) >= 11 is 1.02. The molecule has 2 aromatic carbocycles. The maximum atomic E-state index is 12.7. The topological polar surface area (TPSA) is 46.8 Å². The van der Waals surface area contributed by atoms with E-state index in [4.69, 9.17) is 0 Å². The molecule has 142 valence electrons. The number of aromatic nitrogens is 1. The minimum absolute atomic E-state index is 0.203. The van der Waals surface area contributed by atoms with Crippen LogP contribution in [-0.2, 0) is 11.3 Å². The lowest BCUT2D eigenvalue weighted by Crippen LogP contribution is -3.07. The molecule has 1 aliphatic heterocycles. The van der Waals surface area contributed by atoms with Gasteiger partial charge in [-0.2, -0.15) is 0 Å². The molecule has 0 bridgehead atoms. The minimum atomic E-state index is -0.212. The van der Waals surface area contributed by atoms with Crippen LogP contribution in [0.2, 0.25) is 0 Å². The predicted molar refractivity (Wildman–Crippen MR) is 113 cm³/mol. The Balaban J connectivity index is 1.71. The van der Waals surface area contributed by atoms with E-state index in [0.717, 1.165) is 39.7 Å². The fourth-order valence-corrected chi connectivity index (χ4v) is 4.22. The molecule has 2 amide bonds. The van der Waals surface area contributed by atoms with Crippen molar-refractivity contribution in [2.75, 3.05) is 20.8 Å². The number of hydrogen-bond donors (Lipinski definition) is 1. The first-order chi connectivity index (χ1) is 13.5. The van der Waals surface area contributed by atoms with Gasteiger partial charge in [-0.1, -0.05) is 48.5 Å². The molecule has 6 heteroatoms. The Morgan fingerprint density at radius 3 is 2.46 bits per heavy atom. The Kier molecular flexibility index (Phi) is 5.07. The van der Waals surface area contributed by atoms with Gasteiger partial charge in [-0.3, -0.25) is 9.59 Å². The highest BCUT2D eigenvalue weighted by Gasteiger charge is 2.36. The van der Waals surface area contributed by atoms with E-state index in [1.54, 1.807) is 0 Å². The third-order valence-electron chi connectivity index (χ3n) is 4.65. The summed E-state index contributed by atoms with van der Waals surface area (Å²) in [6, 6.07) is 18.4. The lowest BCUT2D eigenvalue weighted by molar-refractivity contribution is -0.866. The van der Waals surface area contributed by atoms with Crippen molar-refractivity contribution in [3.8, 4) is 0 Å². The number of imide groups is 1. The van der Waals surface area contributed by atoms with Gasteiger partial charge in [0.2, 0.25) is 0 Å². The Hall–Kier alpha value is -2.83. The van der Waals surface area contributed by atoms with Crippen molar-refractivity contribution >= 4 is 39.9 Å². The van der Waals surface area contributed by atoms with E-state index in [9.17, 15) is 9.59 Å². The first kappa shape index (κ1) is 18.5.